The number of amides is 1. The highest BCUT2D eigenvalue weighted by atomic mass is 19.1. The number of ether oxygens (including phenoxy) is 1. The van der Waals surface area contributed by atoms with E-state index in [2.05, 4.69) is 17.4 Å². The van der Waals surface area contributed by atoms with Gasteiger partial charge in [0, 0.05) is 19.6 Å². The van der Waals surface area contributed by atoms with Crippen LogP contribution in [-0.4, -0.2) is 25.7 Å². The van der Waals surface area contributed by atoms with Crippen LogP contribution in [0.15, 0.2) is 54.6 Å². The smallest absolute Gasteiger partial charge is 0.220 e. The number of halogens is 1. The second kappa shape index (κ2) is 10.6. The van der Waals surface area contributed by atoms with Crippen molar-refractivity contribution in [2.24, 2.45) is 0 Å². The molecule has 0 radical (unpaired) electrons. The molecule has 4 heteroatoms. The van der Waals surface area contributed by atoms with Gasteiger partial charge in [-0.1, -0.05) is 42.5 Å². The van der Waals surface area contributed by atoms with Gasteiger partial charge in [-0.05, 0) is 42.5 Å². The van der Waals surface area contributed by atoms with Crippen molar-refractivity contribution >= 4 is 5.91 Å². The van der Waals surface area contributed by atoms with Crippen LogP contribution in [0.4, 0.5) is 4.39 Å². The lowest BCUT2D eigenvalue weighted by Crippen LogP contribution is -2.25. The van der Waals surface area contributed by atoms with Crippen LogP contribution in [0.2, 0.25) is 0 Å². The Kier molecular flexibility index (Phi) is 7.98. The van der Waals surface area contributed by atoms with E-state index in [1.54, 1.807) is 6.07 Å². The van der Waals surface area contributed by atoms with Crippen LogP contribution in [0.1, 0.15) is 24.0 Å². The summed E-state index contributed by atoms with van der Waals surface area (Å²) in [5, 5.41) is 2.86. The summed E-state index contributed by atoms with van der Waals surface area (Å²) in [6.07, 6.45) is 2.62. The molecule has 0 spiro atoms. The molecule has 128 valence electrons. The molecule has 2 aromatic rings. The third kappa shape index (κ3) is 7.38. The maximum absolute atomic E-state index is 13.0. The summed E-state index contributed by atoms with van der Waals surface area (Å²) in [7, 11) is 0. The Bertz CT molecular complexity index is 616. The van der Waals surface area contributed by atoms with Gasteiger partial charge in [-0.25, -0.2) is 4.39 Å². The van der Waals surface area contributed by atoms with Crippen LogP contribution in [0.3, 0.4) is 0 Å². The van der Waals surface area contributed by atoms with Crippen LogP contribution in [0, 0.1) is 5.82 Å². The number of hydrogen-bond acceptors (Lipinski definition) is 2. The highest BCUT2D eigenvalue weighted by molar-refractivity contribution is 5.76. The van der Waals surface area contributed by atoms with Gasteiger partial charge >= 0.3 is 0 Å². The number of carbonyl (C=O) groups is 1. The number of nitrogens with one attached hydrogen (secondary N) is 1. The molecule has 0 unspecified atom stereocenters. The fraction of sp³-hybridized carbons (Fsp3) is 0.350. The Hall–Kier alpha value is -2.20. The van der Waals surface area contributed by atoms with Crippen molar-refractivity contribution in [3.05, 3.63) is 71.5 Å². The quantitative estimate of drug-likeness (QED) is 0.677. The topological polar surface area (TPSA) is 38.3 Å². The van der Waals surface area contributed by atoms with Crippen molar-refractivity contribution in [2.45, 2.75) is 25.7 Å². The van der Waals surface area contributed by atoms with E-state index < -0.39 is 0 Å². The van der Waals surface area contributed by atoms with Crippen molar-refractivity contribution in [3.8, 4) is 0 Å². The molecule has 0 saturated carbocycles. The molecule has 0 fully saturated rings. The lowest BCUT2D eigenvalue weighted by molar-refractivity contribution is -0.121. The lowest BCUT2D eigenvalue weighted by Gasteiger charge is -2.07. The Morgan fingerprint density at radius 2 is 1.75 bits per heavy atom. The summed E-state index contributed by atoms with van der Waals surface area (Å²) in [5.41, 5.74) is 2.11. The molecule has 1 amide bonds. The van der Waals surface area contributed by atoms with Crippen LogP contribution < -0.4 is 5.32 Å². The molecule has 0 bridgehead atoms. The second-order valence-electron chi connectivity index (χ2n) is 5.68. The van der Waals surface area contributed by atoms with Crippen LogP contribution in [0.5, 0.6) is 0 Å². The van der Waals surface area contributed by atoms with Crippen LogP contribution in [0.25, 0.3) is 0 Å². The molecule has 0 saturated heterocycles. The number of aryl methyl sites for hydroxylation is 1. The Morgan fingerprint density at radius 1 is 0.958 bits per heavy atom. The average molecular weight is 329 g/mol. The average Bonchev–Trinajstić information content (AvgIpc) is 2.60. The van der Waals surface area contributed by atoms with Gasteiger partial charge in [-0.3, -0.25) is 4.79 Å². The Labute approximate surface area is 142 Å². The zero-order chi connectivity index (χ0) is 17.0. The van der Waals surface area contributed by atoms with E-state index in [1.807, 2.05) is 24.3 Å². The number of hydrogen-bond donors (Lipinski definition) is 1. The lowest BCUT2D eigenvalue weighted by atomic mass is 10.1. The SMILES string of the molecule is O=C(CCc1cccc(F)c1)NCCCOCCc1ccccc1. The third-order valence-electron chi connectivity index (χ3n) is 3.70. The minimum absolute atomic E-state index is 0.0106. The van der Waals surface area contributed by atoms with E-state index in [1.165, 1.54) is 17.7 Å². The summed E-state index contributed by atoms with van der Waals surface area (Å²) in [5.74, 6) is -0.274. The van der Waals surface area contributed by atoms with Gasteiger partial charge < -0.3 is 10.1 Å². The molecule has 2 rings (SSSR count). The van der Waals surface area contributed by atoms with Crippen LogP contribution >= 0.6 is 0 Å². The minimum Gasteiger partial charge on any atom is -0.381 e. The molecule has 0 aliphatic carbocycles. The summed E-state index contributed by atoms with van der Waals surface area (Å²) >= 11 is 0. The van der Waals surface area contributed by atoms with E-state index in [-0.39, 0.29) is 11.7 Å². The van der Waals surface area contributed by atoms with Crippen molar-refractivity contribution in [2.75, 3.05) is 19.8 Å². The normalized spacial score (nSPS) is 10.5. The zero-order valence-corrected chi connectivity index (χ0v) is 13.8. The first-order chi connectivity index (χ1) is 11.7. The van der Waals surface area contributed by atoms with E-state index in [0.29, 0.717) is 32.6 Å². The van der Waals surface area contributed by atoms with Crippen molar-refractivity contribution in [1.82, 2.24) is 5.32 Å². The van der Waals surface area contributed by atoms with Crippen LogP contribution in [-0.2, 0) is 22.4 Å². The van der Waals surface area contributed by atoms with E-state index in [9.17, 15) is 9.18 Å². The Balaban J connectivity index is 1.47. The van der Waals surface area contributed by atoms with Gasteiger partial charge in [0.15, 0.2) is 0 Å². The molecule has 0 aromatic heterocycles. The van der Waals surface area contributed by atoms with Gasteiger partial charge in [-0.15, -0.1) is 0 Å². The first-order valence-electron chi connectivity index (χ1n) is 8.37. The second-order valence-corrected chi connectivity index (χ2v) is 5.68. The molecule has 0 heterocycles. The Morgan fingerprint density at radius 3 is 2.54 bits per heavy atom. The van der Waals surface area contributed by atoms with Crippen molar-refractivity contribution in [1.29, 1.82) is 0 Å². The maximum Gasteiger partial charge on any atom is 0.220 e. The third-order valence-corrected chi connectivity index (χ3v) is 3.70. The summed E-state index contributed by atoms with van der Waals surface area (Å²) in [4.78, 5) is 11.7. The largest absolute Gasteiger partial charge is 0.381 e. The number of benzene rings is 2. The highest BCUT2D eigenvalue weighted by Crippen LogP contribution is 2.06. The fourth-order valence-electron chi connectivity index (χ4n) is 2.38. The predicted molar refractivity (Wildman–Crippen MR) is 93.3 cm³/mol. The van der Waals surface area contributed by atoms with E-state index >= 15 is 0 Å². The minimum atomic E-state index is -0.263. The van der Waals surface area contributed by atoms with Gasteiger partial charge in [0.1, 0.15) is 5.82 Å². The van der Waals surface area contributed by atoms with Gasteiger partial charge in [0.25, 0.3) is 0 Å². The summed E-state index contributed by atoms with van der Waals surface area (Å²) < 4.78 is 18.6. The standard InChI is InChI=1S/C20H24FNO2/c21-19-9-4-8-18(16-19)10-11-20(23)22-13-5-14-24-15-12-17-6-2-1-3-7-17/h1-4,6-9,16H,5,10-15H2,(H,22,23). The summed E-state index contributed by atoms with van der Waals surface area (Å²) in [6.45, 7) is 1.93. The maximum atomic E-state index is 13.0. The number of carbonyl (C=O) groups excluding carboxylic acids is 1. The molecule has 0 atom stereocenters. The molecule has 3 nitrogen and oxygen atoms in total. The number of rotatable bonds is 10. The van der Waals surface area contributed by atoms with Gasteiger partial charge in [-0.2, -0.15) is 0 Å². The molecule has 2 aromatic carbocycles. The first-order valence-corrected chi connectivity index (χ1v) is 8.37. The molecule has 0 aliphatic rings. The molecule has 24 heavy (non-hydrogen) atoms. The van der Waals surface area contributed by atoms with E-state index in [0.717, 1.165) is 18.4 Å². The highest BCUT2D eigenvalue weighted by Gasteiger charge is 2.02. The monoisotopic (exact) mass is 329 g/mol. The summed E-state index contributed by atoms with van der Waals surface area (Å²) in [6, 6.07) is 16.6. The van der Waals surface area contributed by atoms with E-state index in [4.69, 9.17) is 4.74 Å². The molecule has 0 aliphatic heterocycles. The first kappa shape index (κ1) is 18.1. The predicted octanol–water partition coefficient (Wildman–Crippen LogP) is 3.52. The fourth-order valence-corrected chi connectivity index (χ4v) is 2.38. The molecular formula is C20H24FNO2. The molecule has 1 N–H and O–H groups in total. The van der Waals surface area contributed by atoms with Crippen molar-refractivity contribution in [3.63, 3.8) is 0 Å². The molecular weight excluding hydrogens is 305 g/mol. The van der Waals surface area contributed by atoms with Gasteiger partial charge in [0.05, 0.1) is 6.61 Å². The zero-order valence-electron chi connectivity index (χ0n) is 13.8. The van der Waals surface area contributed by atoms with Gasteiger partial charge in [0.2, 0.25) is 5.91 Å². The van der Waals surface area contributed by atoms with Crippen molar-refractivity contribution < 1.29 is 13.9 Å².